The van der Waals surface area contributed by atoms with Crippen LogP contribution in [0.25, 0.3) is 0 Å². The fraction of sp³-hybridized carbons (Fsp3) is 0.0769. The van der Waals surface area contributed by atoms with Crippen LogP contribution >= 0.6 is 0 Å². The van der Waals surface area contributed by atoms with Crippen LogP contribution in [0.3, 0.4) is 0 Å². The molecule has 0 fully saturated rings. The smallest absolute Gasteiger partial charge is 0.406 e. The van der Waals surface area contributed by atoms with Crippen molar-refractivity contribution in [3.8, 4) is 5.75 Å². The molecule has 0 bridgehead atoms. The van der Waals surface area contributed by atoms with Gasteiger partial charge >= 0.3 is 6.36 Å². The molecule has 0 amide bonds. The predicted octanol–water partition coefficient (Wildman–Crippen LogP) is 3.12. The van der Waals surface area contributed by atoms with Crippen molar-refractivity contribution >= 4 is 11.5 Å². The molecule has 0 unspecified atom stereocenters. The third kappa shape index (κ3) is 3.57. The maximum atomic E-state index is 12.2. The van der Waals surface area contributed by atoms with Gasteiger partial charge in [-0.1, -0.05) is 0 Å². The number of nitro groups is 1. The second-order valence-corrected chi connectivity index (χ2v) is 4.05. The van der Waals surface area contributed by atoms with E-state index in [1.807, 2.05) is 0 Å². The molecule has 0 N–H and O–H groups in total. The number of aromatic nitrogens is 1. The maximum absolute atomic E-state index is 12.2. The minimum absolute atomic E-state index is 0.0576. The molecule has 1 aromatic heterocycles. The number of nitrogens with zero attached hydrogens (tertiary/aromatic N) is 2. The lowest BCUT2D eigenvalue weighted by Gasteiger charge is -2.10. The molecule has 2 rings (SSSR count). The Bertz CT molecular complexity index is 717. The Morgan fingerprint density at radius 2 is 1.82 bits per heavy atom. The van der Waals surface area contributed by atoms with Gasteiger partial charge in [-0.2, -0.15) is 0 Å². The van der Waals surface area contributed by atoms with E-state index in [0.29, 0.717) is 6.07 Å². The number of alkyl halides is 3. The van der Waals surface area contributed by atoms with Crippen LogP contribution in [-0.4, -0.2) is 22.1 Å². The fourth-order valence-corrected chi connectivity index (χ4v) is 1.71. The van der Waals surface area contributed by atoms with Crippen LogP contribution < -0.4 is 4.74 Å². The summed E-state index contributed by atoms with van der Waals surface area (Å²) >= 11 is 0. The summed E-state index contributed by atoms with van der Waals surface area (Å²) in [5.74, 6) is -1.52. The first kappa shape index (κ1) is 15.4. The average Bonchev–Trinajstić information content (AvgIpc) is 2.45. The summed E-state index contributed by atoms with van der Waals surface area (Å²) < 4.78 is 40.3. The molecule has 0 saturated heterocycles. The van der Waals surface area contributed by atoms with Gasteiger partial charge in [0.2, 0.25) is 0 Å². The van der Waals surface area contributed by atoms with Crippen molar-refractivity contribution in [2.45, 2.75) is 6.36 Å². The predicted molar refractivity (Wildman–Crippen MR) is 67.4 cm³/mol. The van der Waals surface area contributed by atoms with Gasteiger partial charge in [-0.25, -0.2) is 0 Å². The van der Waals surface area contributed by atoms with Crippen LogP contribution in [0.5, 0.6) is 5.75 Å². The number of ketones is 1. The van der Waals surface area contributed by atoms with E-state index in [2.05, 4.69) is 9.72 Å². The molecule has 9 heteroatoms. The molecular formula is C13H7F3N2O4. The Kier molecular flexibility index (Phi) is 4.06. The summed E-state index contributed by atoms with van der Waals surface area (Å²) in [5.41, 5.74) is -1.06. The Morgan fingerprint density at radius 1 is 1.18 bits per heavy atom. The van der Waals surface area contributed by atoms with E-state index in [9.17, 15) is 28.1 Å². The van der Waals surface area contributed by atoms with Gasteiger partial charge in [0.1, 0.15) is 11.3 Å². The lowest BCUT2D eigenvalue weighted by atomic mass is 10.0. The summed E-state index contributed by atoms with van der Waals surface area (Å²) in [6.45, 7) is 0. The van der Waals surface area contributed by atoms with E-state index in [0.717, 1.165) is 12.1 Å². The lowest BCUT2D eigenvalue weighted by Crippen LogP contribution is -2.17. The number of ether oxygens (including phenoxy) is 1. The molecule has 0 aliphatic rings. The molecule has 22 heavy (non-hydrogen) atoms. The largest absolute Gasteiger partial charge is 0.573 e. The van der Waals surface area contributed by atoms with E-state index in [-0.39, 0.29) is 5.56 Å². The number of hydrogen-bond donors (Lipinski definition) is 0. The summed E-state index contributed by atoms with van der Waals surface area (Å²) in [6.07, 6.45) is -2.39. The number of hydrogen-bond acceptors (Lipinski definition) is 5. The normalized spacial score (nSPS) is 11.0. The molecule has 6 nitrogen and oxygen atoms in total. The molecule has 0 aliphatic carbocycles. The van der Waals surface area contributed by atoms with E-state index in [1.165, 1.54) is 24.5 Å². The van der Waals surface area contributed by atoms with Crippen molar-refractivity contribution in [1.29, 1.82) is 0 Å². The van der Waals surface area contributed by atoms with E-state index >= 15 is 0 Å². The van der Waals surface area contributed by atoms with Gasteiger partial charge in [-0.3, -0.25) is 19.9 Å². The topological polar surface area (TPSA) is 82.3 Å². The molecule has 1 heterocycles. The number of benzene rings is 1. The van der Waals surface area contributed by atoms with Gasteiger partial charge in [-0.05, 0) is 24.3 Å². The number of pyridine rings is 1. The molecule has 2 aromatic rings. The minimum atomic E-state index is -4.97. The van der Waals surface area contributed by atoms with Crippen LogP contribution in [0.1, 0.15) is 15.9 Å². The van der Waals surface area contributed by atoms with Gasteiger partial charge in [0.15, 0.2) is 5.78 Å². The molecule has 114 valence electrons. The van der Waals surface area contributed by atoms with Gasteiger partial charge < -0.3 is 4.74 Å². The number of carbonyl (C=O) groups is 1. The highest BCUT2D eigenvalue weighted by Crippen LogP contribution is 2.29. The quantitative estimate of drug-likeness (QED) is 0.492. The zero-order valence-electron chi connectivity index (χ0n) is 10.7. The Hall–Kier alpha value is -2.97. The zero-order valence-corrected chi connectivity index (χ0v) is 10.7. The molecular weight excluding hydrogens is 305 g/mol. The van der Waals surface area contributed by atoms with E-state index < -0.39 is 34.1 Å². The summed E-state index contributed by atoms with van der Waals surface area (Å²) in [5, 5.41) is 10.9. The third-order valence-electron chi connectivity index (χ3n) is 2.59. The average molecular weight is 312 g/mol. The number of rotatable bonds is 4. The Morgan fingerprint density at radius 3 is 2.36 bits per heavy atom. The first-order valence-electron chi connectivity index (χ1n) is 5.77. The molecule has 1 aromatic carbocycles. The number of nitro benzene ring substituents is 1. The molecule has 0 saturated carbocycles. The fourth-order valence-electron chi connectivity index (χ4n) is 1.71. The van der Waals surface area contributed by atoms with Crippen molar-refractivity contribution in [3.63, 3.8) is 0 Å². The van der Waals surface area contributed by atoms with Gasteiger partial charge in [0, 0.05) is 24.0 Å². The Labute approximate surface area is 121 Å². The first-order valence-corrected chi connectivity index (χ1v) is 5.77. The summed E-state index contributed by atoms with van der Waals surface area (Å²) in [6, 6.07) is 4.84. The van der Waals surface area contributed by atoms with Crippen LogP contribution in [0, 0.1) is 10.1 Å². The molecule has 0 atom stereocenters. The van der Waals surface area contributed by atoms with E-state index in [1.54, 1.807) is 0 Å². The highest BCUT2D eigenvalue weighted by molar-refractivity contribution is 6.11. The summed E-state index contributed by atoms with van der Waals surface area (Å²) in [4.78, 5) is 26.0. The maximum Gasteiger partial charge on any atom is 0.573 e. The van der Waals surface area contributed by atoms with Crippen LogP contribution in [0.15, 0.2) is 42.7 Å². The SMILES string of the molecule is O=C(c1ccncc1)c1cc(OC(F)(F)F)ccc1[N+](=O)[O-]. The highest BCUT2D eigenvalue weighted by Gasteiger charge is 2.32. The van der Waals surface area contributed by atoms with Crippen molar-refractivity contribution in [2.75, 3.05) is 0 Å². The van der Waals surface area contributed by atoms with Crippen LogP contribution in [-0.2, 0) is 0 Å². The zero-order chi connectivity index (χ0) is 16.3. The summed E-state index contributed by atoms with van der Waals surface area (Å²) in [7, 11) is 0. The van der Waals surface area contributed by atoms with Crippen molar-refractivity contribution in [1.82, 2.24) is 4.98 Å². The molecule has 0 radical (unpaired) electrons. The third-order valence-corrected chi connectivity index (χ3v) is 2.59. The van der Waals surface area contributed by atoms with Crippen molar-refractivity contribution < 1.29 is 27.6 Å². The van der Waals surface area contributed by atoms with Crippen molar-refractivity contribution in [3.05, 3.63) is 64.0 Å². The second-order valence-electron chi connectivity index (χ2n) is 4.05. The van der Waals surface area contributed by atoms with Crippen LogP contribution in [0.4, 0.5) is 18.9 Å². The highest BCUT2D eigenvalue weighted by atomic mass is 19.4. The van der Waals surface area contributed by atoms with Crippen LogP contribution in [0.2, 0.25) is 0 Å². The lowest BCUT2D eigenvalue weighted by molar-refractivity contribution is -0.385. The van der Waals surface area contributed by atoms with Gasteiger partial charge in [0.05, 0.1) is 4.92 Å². The van der Waals surface area contributed by atoms with Crippen molar-refractivity contribution in [2.24, 2.45) is 0 Å². The van der Waals surface area contributed by atoms with E-state index in [4.69, 9.17) is 0 Å². The minimum Gasteiger partial charge on any atom is -0.406 e. The first-order chi connectivity index (χ1) is 10.3. The van der Waals surface area contributed by atoms with Gasteiger partial charge in [0.25, 0.3) is 5.69 Å². The monoisotopic (exact) mass is 312 g/mol. The second kappa shape index (κ2) is 5.80. The molecule has 0 spiro atoms. The standard InChI is InChI=1S/C13H7F3N2O4/c14-13(15,16)22-9-1-2-11(18(20)21)10(7-9)12(19)8-3-5-17-6-4-8/h1-7H. The molecule has 0 aliphatic heterocycles. The number of halogens is 3. The van der Waals surface area contributed by atoms with Gasteiger partial charge in [-0.15, -0.1) is 13.2 Å². The number of carbonyl (C=O) groups excluding carboxylic acids is 1. The Balaban J connectivity index is 2.49.